The highest BCUT2D eigenvalue weighted by molar-refractivity contribution is 5.46. The monoisotopic (exact) mass is 261 g/mol. The summed E-state index contributed by atoms with van der Waals surface area (Å²) in [6, 6.07) is 1.85. The van der Waals surface area contributed by atoms with Gasteiger partial charge in [0.1, 0.15) is 5.69 Å². The molecular weight excluding hydrogens is 242 g/mol. The zero-order chi connectivity index (χ0) is 13.3. The summed E-state index contributed by atoms with van der Waals surface area (Å²) in [7, 11) is 1.85. The van der Waals surface area contributed by atoms with Crippen molar-refractivity contribution in [3.05, 3.63) is 18.1 Å². The van der Waals surface area contributed by atoms with Crippen LogP contribution in [0.15, 0.2) is 16.8 Å². The molecule has 19 heavy (non-hydrogen) atoms. The third-order valence-corrected chi connectivity index (χ3v) is 3.91. The lowest BCUT2D eigenvalue weighted by atomic mass is 9.91. The minimum Gasteiger partial charge on any atom is -0.332 e. The summed E-state index contributed by atoms with van der Waals surface area (Å²) >= 11 is 0. The van der Waals surface area contributed by atoms with Gasteiger partial charge in [0, 0.05) is 13.2 Å². The quantitative estimate of drug-likeness (QED) is 0.836. The van der Waals surface area contributed by atoms with Crippen molar-refractivity contribution in [2.24, 2.45) is 12.8 Å². The van der Waals surface area contributed by atoms with E-state index in [0.717, 1.165) is 31.4 Å². The van der Waals surface area contributed by atoms with E-state index in [9.17, 15) is 0 Å². The Morgan fingerprint density at radius 1 is 1.26 bits per heavy atom. The van der Waals surface area contributed by atoms with E-state index in [0.29, 0.717) is 11.7 Å². The molecule has 2 aromatic heterocycles. The summed E-state index contributed by atoms with van der Waals surface area (Å²) in [6.45, 7) is 0. The molecule has 1 aliphatic rings. The fourth-order valence-electron chi connectivity index (χ4n) is 2.70. The van der Waals surface area contributed by atoms with Gasteiger partial charge in [0.15, 0.2) is 5.82 Å². The number of aryl methyl sites for hydroxylation is 1. The van der Waals surface area contributed by atoms with Crippen LogP contribution in [-0.2, 0) is 12.6 Å². The Morgan fingerprint density at radius 2 is 2.00 bits per heavy atom. The largest absolute Gasteiger partial charge is 0.332 e. The maximum absolute atomic E-state index is 6.48. The van der Waals surface area contributed by atoms with Gasteiger partial charge in [-0.05, 0) is 18.9 Å². The molecular formula is C13H19N5O. The second kappa shape index (κ2) is 4.77. The fraction of sp³-hybridized carbons (Fsp3) is 0.615. The van der Waals surface area contributed by atoms with Crippen LogP contribution < -0.4 is 5.73 Å². The number of hydrogen-bond donors (Lipinski definition) is 1. The Morgan fingerprint density at radius 3 is 2.63 bits per heavy atom. The minimum atomic E-state index is -0.434. The molecule has 2 aromatic rings. The van der Waals surface area contributed by atoms with Gasteiger partial charge in [-0.3, -0.25) is 4.68 Å². The van der Waals surface area contributed by atoms with Crippen LogP contribution in [0.3, 0.4) is 0 Å². The highest BCUT2D eigenvalue weighted by Gasteiger charge is 2.33. The van der Waals surface area contributed by atoms with Gasteiger partial charge in [0.05, 0.1) is 5.54 Å². The predicted octanol–water partition coefficient (Wildman–Crippen LogP) is 1.98. The number of rotatable bonds is 2. The molecule has 0 unspecified atom stereocenters. The van der Waals surface area contributed by atoms with Gasteiger partial charge in [-0.15, -0.1) is 0 Å². The van der Waals surface area contributed by atoms with Crippen LogP contribution in [0, 0.1) is 0 Å². The van der Waals surface area contributed by atoms with Crippen molar-refractivity contribution < 1.29 is 4.52 Å². The molecule has 0 saturated heterocycles. The van der Waals surface area contributed by atoms with Crippen LogP contribution in [0.25, 0.3) is 11.6 Å². The van der Waals surface area contributed by atoms with Gasteiger partial charge in [0.25, 0.3) is 5.89 Å². The van der Waals surface area contributed by atoms with Crippen LogP contribution in [0.5, 0.6) is 0 Å². The Labute approximate surface area is 112 Å². The number of hydrogen-bond acceptors (Lipinski definition) is 5. The third kappa shape index (κ3) is 2.28. The average Bonchev–Trinajstić information content (AvgIpc) is 2.97. The van der Waals surface area contributed by atoms with Crippen LogP contribution in [0.4, 0.5) is 0 Å². The van der Waals surface area contributed by atoms with Crippen molar-refractivity contribution in [1.29, 1.82) is 0 Å². The van der Waals surface area contributed by atoms with Crippen molar-refractivity contribution in [2.45, 2.75) is 44.1 Å². The summed E-state index contributed by atoms with van der Waals surface area (Å²) in [6.07, 6.45) is 8.31. The van der Waals surface area contributed by atoms with Gasteiger partial charge in [-0.1, -0.05) is 30.8 Å². The van der Waals surface area contributed by atoms with Gasteiger partial charge >= 0.3 is 0 Å². The molecule has 0 spiro atoms. The van der Waals surface area contributed by atoms with Crippen molar-refractivity contribution in [3.8, 4) is 11.6 Å². The number of nitrogens with zero attached hydrogens (tertiary/aromatic N) is 4. The van der Waals surface area contributed by atoms with Crippen molar-refractivity contribution in [3.63, 3.8) is 0 Å². The smallest absolute Gasteiger partial charge is 0.276 e. The van der Waals surface area contributed by atoms with E-state index in [1.165, 1.54) is 12.8 Å². The molecule has 0 radical (unpaired) electrons. The molecule has 2 heterocycles. The molecule has 102 valence electrons. The highest BCUT2D eigenvalue weighted by atomic mass is 16.5. The fourth-order valence-corrected chi connectivity index (χ4v) is 2.70. The van der Waals surface area contributed by atoms with E-state index in [-0.39, 0.29) is 0 Å². The molecule has 1 saturated carbocycles. The molecule has 6 heteroatoms. The molecule has 0 bridgehead atoms. The van der Waals surface area contributed by atoms with Gasteiger partial charge in [-0.25, -0.2) is 0 Å². The Kier molecular flexibility index (Phi) is 3.10. The lowest BCUT2D eigenvalue weighted by Crippen LogP contribution is -2.37. The molecule has 0 aromatic carbocycles. The van der Waals surface area contributed by atoms with Crippen LogP contribution in [0.2, 0.25) is 0 Å². The van der Waals surface area contributed by atoms with E-state index < -0.39 is 5.54 Å². The molecule has 2 N–H and O–H groups in total. The van der Waals surface area contributed by atoms with Crippen molar-refractivity contribution in [2.75, 3.05) is 0 Å². The van der Waals surface area contributed by atoms with Crippen LogP contribution in [0.1, 0.15) is 44.3 Å². The van der Waals surface area contributed by atoms with Crippen molar-refractivity contribution in [1.82, 2.24) is 19.9 Å². The lowest BCUT2D eigenvalue weighted by molar-refractivity contribution is 0.334. The maximum Gasteiger partial charge on any atom is 0.276 e. The summed E-state index contributed by atoms with van der Waals surface area (Å²) in [5.74, 6) is 1.12. The minimum absolute atomic E-state index is 0.434. The Bertz CT molecular complexity index is 551. The molecule has 0 atom stereocenters. The normalized spacial score (nSPS) is 19.3. The predicted molar refractivity (Wildman–Crippen MR) is 70.1 cm³/mol. The standard InChI is InChI=1S/C13H19N5O/c1-18-10(6-9-15-18)11-16-12(17-19-11)13(14)7-4-2-3-5-8-13/h6,9H,2-5,7-8,14H2,1H3. The first-order valence-electron chi connectivity index (χ1n) is 6.80. The van der Waals surface area contributed by atoms with E-state index in [2.05, 4.69) is 15.2 Å². The van der Waals surface area contributed by atoms with Gasteiger partial charge in [0.2, 0.25) is 0 Å². The zero-order valence-electron chi connectivity index (χ0n) is 11.2. The van der Waals surface area contributed by atoms with E-state index in [4.69, 9.17) is 10.3 Å². The van der Waals surface area contributed by atoms with E-state index in [1.54, 1.807) is 10.9 Å². The Balaban J connectivity index is 1.90. The van der Waals surface area contributed by atoms with Gasteiger partial charge < -0.3 is 10.3 Å². The Hall–Kier alpha value is -1.69. The zero-order valence-corrected chi connectivity index (χ0v) is 11.2. The molecule has 3 rings (SSSR count). The third-order valence-electron chi connectivity index (χ3n) is 3.91. The summed E-state index contributed by atoms with van der Waals surface area (Å²) in [5, 5.41) is 8.20. The van der Waals surface area contributed by atoms with Crippen LogP contribution >= 0.6 is 0 Å². The second-order valence-electron chi connectivity index (χ2n) is 5.33. The molecule has 6 nitrogen and oxygen atoms in total. The summed E-state index contributed by atoms with van der Waals surface area (Å²) < 4.78 is 7.06. The first-order chi connectivity index (χ1) is 9.19. The summed E-state index contributed by atoms with van der Waals surface area (Å²) in [5.41, 5.74) is 6.86. The maximum atomic E-state index is 6.48. The lowest BCUT2D eigenvalue weighted by Gasteiger charge is -2.23. The molecule has 0 amide bonds. The first kappa shape index (κ1) is 12.3. The second-order valence-corrected chi connectivity index (χ2v) is 5.33. The van der Waals surface area contributed by atoms with Gasteiger partial charge in [-0.2, -0.15) is 10.1 Å². The van der Waals surface area contributed by atoms with E-state index >= 15 is 0 Å². The topological polar surface area (TPSA) is 82.8 Å². The highest BCUT2D eigenvalue weighted by Crippen LogP contribution is 2.32. The van der Waals surface area contributed by atoms with Crippen molar-refractivity contribution >= 4 is 0 Å². The first-order valence-corrected chi connectivity index (χ1v) is 6.80. The average molecular weight is 261 g/mol. The molecule has 0 aliphatic heterocycles. The molecule has 1 aliphatic carbocycles. The molecule has 1 fully saturated rings. The summed E-state index contributed by atoms with van der Waals surface area (Å²) in [4.78, 5) is 4.49. The SMILES string of the molecule is Cn1nccc1-c1nc(C2(N)CCCCCC2)no1. The van der Waals surface area contributed by atoms with E-state index in [1.807, 2.05) is 13.1 Å². The number of aromatic nitrogens is 4. The van der Waals surface area contributed by atoms with Crippen LogP contribution in [-0.4, -0.2) is 19.9 Å². The number of nitrogens with two attached hydrogens (primary N) is 1.